The molecule has 0 heterocycles. The molecule has 0 amide bonds. The minimum atomic E-state index is 0. The maximum Gasteiger partial charge on any atom is 1.00 e. The topological polar surface area (TPSA) is 86.6 Å². The molecule has 0 saturated heterocycles. The van der Waals surface area contributed by atoms with E-state index in [-0.39, 0.29) is 42.1 Å². The molecule has 0 saturated carbocycles. The van der Waals surface area contributed by atoms with Crippen LogP contribution in [0.1, 0.15) is 0 Å². The summed E-state index contributed by atoms with van der Waals surface area (Å²) >= 11 is 0. The molecule has 0 bridgehead atoms. The summed E-state index contributed by atoms with van der Waals surface area (Å²) in [4.78, 5) is 25.6. The SMILES string of the molecule is O=CC=O.O=N[O-].[Na+]. The predicted molar refractivity (Wildman–Crippen MR) is 21.3 cm³/mol. The second-order valence-electron chi connectivity index (χ2n) is 0.347. The summed E-state index contributed by atoms with van der Waals surface area (Å²) in [7, 11) is 0. The van der Waals surface area contributed by atoms with Crippen LogP contribution in [0.25, 0.3) is 0 Å². The minimum Gasteiger partial charge on any atom is -0.444 e. The molecule has 0 atom stereocenters. The molecular weight excluding hydrogens is 125 g/mol. The van der Waals surface area contributed by atoms with Crippen molar-refractivity contribution in [2.45, 2.75) is 0 Å². The van der Waals surface area contributed by atoms with E-state index in [0.717, 1.165) is 5.34 Å². The van der Waals surface area contributed by atoms with Gasteiger partial charge in [-0.15, -0.1) is 5.34 Å². The zero-order chi connectivity index (χ0) is 6.12. The monoisotopic (exact) mass is 127 g/mol. The van der Waals surface area contributed by atoms with E-state index in [9.17, 15) is 0 Å². The average molecular weight is 127 g/mol. The van der Waals surface area contributed by atoms with Crippen LogP contribution in [0.4, 0.5) is 0 Å². The fourth-order valence-electron chi connectivity index (χ4n) is 0. The van der Waals surface area contributed by atoms with Gasteiger partial charge >= 0.3 is 29.6 Å². The fourth-order valence-corrected chi connectivity index (χ4v) is 0. The molecule has 0 spiro atoms. The van der Waals surface area contributed by atoms with Crippen molar-refractivity contribution in [3.63, 3.8) is 0 Å². The van der Waals surface area contributed by atoms with Crippen molar-refractivity contribution in [3.8, 4) is 0 Å². The van der Waals surface area contributed by atoms with E-state index in [1.165, 1.54) is 0 Å². The molecule has 8 heavy (non-hydrogen) atoms. The first-order valence-electron chi connectivity index (χ1n) is 1.17. The summed E-state index contributed by atoms with van der Waals surface area (Å²) in [6.07, 6.45) is 0.389. The van der Waals surface area contributed by atoms with Crippen molar-refractivity contribution >= 4 is 12.6 Å². The Morgan fingerprint density at radius 3 is 1.38 bits per heavy atom. The number of hydrogen-bond donors (Lipinski definition) is 0. The van der Waals surface area contributed by atoms with Crippen LogP contribution in [-0.2, 0) is 9.59 Å². The Morgan fingerprint density at radius 1 is 1.25 bits per heavy atom. The van der Waals surface area contributed by atoms with Crippen molar-refractivity contribution in [1.82, 2.24) is 0 Å². The van der Waals surface area contributed by atoms with Gasteiger partial charge in [-0.1, -0.05) is 0 Å². The Hall–Kier alpha value is -0.260. The fraction of sp³-hybridized carbons (Fsp3) is 0. The summed E-state index contributed by atoms with van der Waals surface area (Å²) in [5.74, 6) is 0. The summed E-state index contributed by atoms with van der Waals surface area (Å²) in [5, 5.41) is 9.00. The van der Waals surface area contributed by atoms with Crippen molar-refractivity contribution < 1.29 is 39.1 Å². The summed E-state index contributed by atoms with van der Waals surface area (Å²) in [6, 6.07) is 0. The molecule has 6 heteroatoms. The van der Waals surface area contributed by atoms with E-state index in [1.54, 1.807) is 0 Å². The van der Waals surface area contributed by atoms with Crippen LogP contribution in [0.3, 0.4) is 0 Å². The molecule has 0 unspecified atom stereocenters. The van der Waals surface area contributed by atoms with Gasteiger partial charge in [0, 0.05) is 0 Å². The Morgan fingerprint density at radius 2 is 1.38 bits per heavy atom. The largest absolute Gasteiger partial charge is 1.00 e. The van der Waals surface area contributed by atoms with Gasteiger partial charge in [-0.25, -0.2) is 0 Å². The maximum atomic E-state index is 8.81. The van der Waals surface area contributed by atoms with Crippen LogP contribution >= 0.6 is 0 Å². The predicted octanol–water partition coefficient (Wildman–Crippen LogP) is -3.36. The van der Waals surface area contributed by atoms with Crippen molar-refractivity contribution in [3.05, 3.63) is 10.1 Å². The second kappa shape index (κ2) is 29.6. The molecule has 0 radical (unpaired) electrons. The number of nitrogens with zero attached hydrogens (tertiary/aromatic N) is 1. The molecule has 0 aliphatic carbocycles. The minimum absolute atomic E-state index is 0. The van der Waals surface area contributed by atoms with Crippen LogP contribution in [0.5, 0.6) is 0 Å². The molecule has 0 aromatic heterocycles. The molecule has 0 aromatic carbocycles. The normalized spacial score (nSPS) is 4.00. The second-order valence-corrected chi connectivity index (χ2v) is 0.347. The number of carbonyl (C=O) groups excluding carboxylic acids is 2. The van der Waals surface area contributed by atoms with E-state index in [2.05, 4.69) is 0 Å². The molecule has 5 nitrogen and oxygen atoms in total. The van der Waals surface area contributed by atoms with Crippen molar-refractivity contribution in [2.75, 3.05) is 0 Å². The molecule has 0 aliphatic heterocycles. The van der Waals surface area contributed by atoms with Gasteiger partial charge in [0.05, 0.1) is 0 Å². The van der Waals surface area contributed by atoms with Gasteiger partial charge < -0.3 is 10.1 Å². The van der Waals surface area contributed by atoms with Crippen LogP contribution in [0.15, 0.2) is 5.34 Å². The van der Waals surface area contributed by atoms with Crippen molar-refractivity contribution in [2.24, 2.45) is 5.34 Å². The molecular formula is C2H2NNaO4. The van der Waals surface area contributed by atoms with E-state index in [4.69, 9.17) is 19.7 Å². The van der Waals surface area contributed by atoms with Gasteiger partial charge in [-0.3, -0.25) is 9.59 Å². The third-order valence-electron chi connectivity index (χ3n) is 0.0556. The maximum absolute atomic E-state index is 8.81. The van der Waals surface area contributed by atoms with Gasteiger partial charge in [0.25, 0.3) is 0 Å². The number of hydrogen-bond acceptors (Lipinski definition) is 5. The standard InChI is InChI=1S/C2H2O2.HNO2.Na/c3-1-2-4;2-1-3;/h1-2H;(H,2,3);/q;;+1/p-1. The Labute approximate surface area is 67.3 Å². The Balaban J connectivity index is -0.0000000575. The Bertz CT molecular complexity index is 59.1. The summed E-state index contributed by atoms with van der Waals surface area (Å²) in [6.45, 7) is 0. The summed E-state index contributed by atoms with van der Waals surface area (Å²) in [5.41, 5.74) is 0. The summed E-state index contributed by atoms with van der Waals surface area (Å²) < 4.78 is 0. The smallest absolute Gasteiger partial charge is 0.444 e. The van der Waals surface area contributed by atoms with Gasteiger partial charge in [0.2, 0.25) is 0 Å². The van der Waals surface area contributed by atoms with Crippen LogP contribution in [0, 0.1) is 10.1 Å². The molecule has 0 N–H and O–H groups in total. The molecule has 0 aromatic rings. The van der Waals surface area contributed by atoms with Gasteiger partial charge in [-0.05, 0) is 0 Å². The zero-order valence-electron chi connectivity index (χ0n) is 4.23. The molecule has 0 aliphatic rings. The average Bonchev–Trinajstić information content (AvgIpc) is 1.69. The first-order valence-corrected chi connectivity index (χ1v) is 1.17. The number of rotatable bonds is 1. The molecule has 40 valence electrons. The van der Waals surface area contributed by atoms with E-state index in [1.807, 2.05) is 0 Å². The molecule has 0 rings (SSSR count). The quantitative estimate of drug-likeness (QED) is 0.121. The van der Waals surface area contributed by atoms with Gasteiger partial charge in [0.15, 0.2) is 12.6 Å². The van der Waals surface area contributed by atoms with Gasteiger partial charge in [-0.2, -0.15) is 0 Å². The first kappa shape index (κ1) is 15.6. The van der Waals surface area contributed by atoms with E-state index < -0.39 is 0 Å². The third kappa shape index (κ3) is 236. The van der Waals surface area contributed by atoms with E-state index in [0.29, 0.717) is 0 Å². The van der Waals surface area contributed by atoms with Crippen molar-refractivity contribution in [1.29, 1.82) is 0 Å². The number of carbonyl (C=O) groups is 2. The Kier molecular flexibility index (Phi) is 57.9. The third-order valence-corrected chi connectivity index (χ3v) is 0.0556. The van der Waals surface area contributed by atoms with Crippen LogP contribution < -0.4 is 29.6 Å². The van der Waals surface area contributed by atoms with Gasteiger partial charge in [0.1, 0.15) is 0 Å². The van der Waals surface area contributed by atoms with E-state index >= 15 is 0 Å². The molecule has 0 fully saturated rings. The first-order chi connectivity index (χ1) is 3.33. The zero-order valence-corrected chi connectivity index (χ0v) is 6.23. The number of aldehydes is 2. The van der Waals surface area contributed by atoms with Crippen LogP contribution in [0.2, 0.25) is 0 Å². The van der Waals surface area contributed by atoms with Crippen LogP contribution in [-0.4, -0.2) is 12.6 Å².